The number of aromatic nitrogens is 1. The highest BCUT2D eigenvalue weighted by molar-refractivity contribution is 5.95. The third-order valence-electron chi connectivity index (χ3n) is 3.50. The van der Waals surface area contributed by atoms with E-state index in [1.165, 1.54) is 6.20 Å². The Morgan fingerprint density at radius 1 is 1.33 bits per heavy atom. The molecule has 1 aromatic heterocycles. The van der Waals surface area contributed by atoms with Crippen molar-refractivity contribution in [2.75, 3.05) is 6.54 Å². The van der Waals surface area contributed by atoms with Gasteiger partial charge in [-0.3, -0.25) is 14.6 Å². The number of aliphatic hydroxyl groups is 1. The lowest BCUT2D eigenvalue weighted by Crippen LogP contribution is -2.37. The fourth-order valence-corrected chi connectivity index (χ4v) is 1.61. The van der Waals surface area contributed by atoms with Gasteiger partial charge in [-0.25, -0.2) is 0 Å². The first-order valence-electron chi connectivity index (χ1n) is 7.00. The number of hydrogen-bond acceptors (Lipinski definition) is 5. The first kappa shape index (κ1) is 17.1. The van der Waals surface area contributed by atoms with Crippen molar-refractivity contribution in [3.63, 3.8) is 0 Å². The molecule has 0 aliphatic rings. The minimum atomic E-state index is -0.494. The van der Waals surface area contributed by atoms with Crippen molar-refractivity contribution in [1.29, 1.82) is 0 Å². The standard InChI is InChI=1S/C15H22N2O4/c1-4-15(3,5-2)21-13(19)9-17-14(20)11-6-7-12(10-18)16-8-11/h6-8,18H,4-5,9-10H2,1-3H3,(H,17,20). The zero-order valence-corrected chi connectivity index (χ0v) is 12.7. The second kappa shape index (κ2) is 7.73. The Balaban J connectivity index is 2.50. The van der Waals surface area contributed by atoms with Gasteiger partial charge in [0.15, 0.2) is 0 Å². The molecule has 1 aromatic rings. The quantitative estimate of drug-likeness (QED) is 0.743. The Morgan fingerprint density at radius 2 is 2.00 bits per heavy atom. The molecule has 0 fully saturated rings. The van der Waals surface area contributed by atoms with Crippen LogP contribution in [0.25, 0.3) is 0 Å². The van der Waals surface area contributed by atoms with Crippen molar-refractivity contribution in [2.24, 2.45) is 0 Å². The number of carbonyl (C=O) groups excluding carboxylic acids is 2. The van der Waals surface area contributed by atoms with Crippen LogP contribution in [0.2, 0.25) is 0 Å². The van der Waals surface area contributed by atoms with Gasteiger partial charge in [-0.2, -0.15) is 0 Å². The molecule has 0 spiro atoms. The molecule has 1 amide bonds. The molecule has 0 saturated heterocycles. The summed E-state index contributed by atoms with van der Waals surface area (Å²) in [5.41, 5.74) is 0.313. The summed E-state index contributed by atoms with van der Waals surface area (Å²) < 4.78 is 5.36. The number of aliphatic hydroxyl groups excluding tert-OH is 1. The normalized spacial score (nSPS) is 11.0. The van der Waals surface area contributed by atoms with Gasteiger partial charge in [0.05, 0.1) is 17.9 Å². The Kier molecular flexibility index (Phi) is 6.30. The molecule has 2 N–H and O–H groups in total. The van der Waals surface area contributed by atoms with Gasteiger partial charge < -0.3 is 15.2 Å². The molecule has 1 rings (SSSR count). The summed E-state index contributed by atoms with van der Waals surface area (Å²) in [6.07, 6.45) is 2.79. The second-order valence-electron chi connectivity index (χ2n) is 5.01. The van der Waals surface area contributed by atoms with Gasteiger partial charge in [-0.15, -0.1) is 0 Å². The molecule has 116 valence electrons. The van der Waals surface area contributed by atoms with Crippen LogP contribution in [0.15, 0.2) is 18.3 Å². The van der Waals surface area contributed by atoms with E-state index in [2.05, 4.69) is 10.3 Å². The molecule has 0 unspecified atom stereocenters. The SMILES string of the molecule is CCC(C)(CC)OC(=O)CNC(=O)c1ccc(CO)nc1. The van der Waals surface area contributed by atoms with Gasteiger partial charge in [0.25, 0.3) is 5.91 Å². The molecule has 6 heteroatoms. The van der Waals surface area contributed by atoms with Gasteiger partial charge in [0.1, 0.15) is 12.1 Å². The Hall–Kier alpha value is -1.95. The highest BCUT2D eigenvalue weighted by Gasteiger charge is 2.24. The summed E-state index contributed by atoms with van der Waals surface area (Å²) in [6.45, 7) is 5.40. The number of esters is 1. The van der Waals surface area contributed by atoms with Crippen LogP contribution in [0.5, 0.6) is 0 Å². The van der Waals surface area contributed by atoms with Crippen LogP contribution in [0.3, 0.4) is 0 Å². The molecule has 0 aromatic carbocycles. The molecular weight excluding hydrogens is 272 g/mol. The number of pyridine rings is 1. The number of amides is 1. The lowest BCUT2D eigenvalue weighted by Gasteiger charge is -2.26. The van der Waals surface area contributed by atoms with Gasteiger partial charge in [0, 0.05) is 6.20 Å². The highest BCUT2D eigenvalue weighted by Crippen LogP contribution is 2.19. The van der Waals surface area contributed by atoms with Crippen molar-refractivity contribution in [2.45, 2.75) is 45.8 Å². The van der Waals surface area contributed by atoms with Gasteiger partial charge in [0.2, 0.25) is 0 Å². The number of nitrogens with zero attached hydrogens (tertiary/aromatic N) is 1. The van der Waals surface area contributed by atoms with Crippen molar-refractivity contribution in [3.05, 3.63) is 29.6 Å². The Labute approximate surface area is 124 Å². The largest absolute Gasteiger partial charge is 0.458 e. The summed E-state index contributed by atoms with van der Waals surface area (Å²) in [5, 5.41) is 11.4. The van der Waals surface area contributed by atoms with Crippen LogP contribution in [-0.4, -0.2) is 34.1 Å². The molecule has 0 aliphatic heterocycles. The number of nitrogens with one attached hydrogen (secondary N) is 1. The molecule has 6 nitrogen and oxygen atoms in total. The van der Waals surface area contributed by atoms with E-state index in [0.29, 0.717) is 11.3 Å². The second-order valence-corrected chi connectivity index (χ2v) is 5.01. The van der Waals surface area contributed by atoms with E-state index in [4.69, 9.17) is 9.84 Å². The summed E-state index contributed by atoms with van der Waals surface area (Å²) in [5.74, 6) is -0.867. The van der Waals surface area contributed by atoms with Gasteiger partial charge in [-0.1, -0.05) is 13.8 Å². The highest BCUT2D eigenvalue weighted by atomic mass is 16.6. The fourth-order valence-electron chi connectivity index (χ4n) is 1.61. The lowest BCUT2D eigenvalue weighted by molar-refractivity contribution is -0.157. The number of hydrogen-bond donors (Lipinski definition) is 2. The maximum atomic E-state index is 11.8. The monoisotopic (exact) mass is 294 g/mol. The zero-order valence-electron chi connectivity index (χ0n) is 12.7. The molecule has 0 bridgehead atoms. The van der Waals surface area contributed by atoms with Crippen LogP contribution < -0.4 is 5.32 Å². The third kappa shape index (κ3) is 5.15. The first-order chi connectivity index (χ1) is 9.94. The average molecular weight is 294 g/mol. The molecule has 1 heterocycles. The van der Waals surface area contributed by atoms with Crippen molar-refractivity contribution in [3.8, 4) is 0 Å². The smallest absolute Gasteiger partial charge is 0.325 e. The fraction of sp³-hybridized carbons (Fsp3) is 0.533. The summed E-state index contributed by atoms with van der Waals surface area (Å²) in [6, 6.07) is 3.10. The van der Waals surface area contributed by atoms with Crippen LogP contribution in [0, 0.1) is 0 Å². The van der Waals surface area contributed by atoms with E-state index in [0.717, 1.165) is 12.8 Å². The van der Waals surface area contributed by atoms with Crippen LogP contribution >= 0.6 is 0 Å². The number of rotatable bonds is 7. The lowest BCUT2D eigenvalue weighted by atomic mass is 10.0. The Morgan fingerprint density at radius 3 is 2.48 bits per heavy atom. The average Bonchev–Trinajstić information content (AvgIpc) is 2.52. The van der Waals surface area contributed by atoms with E-state index in [-0.39, 0.29) is 13.2 Å². The third-order valence-corrected chi connectivity index (χ3v) is 3.50. The van der Waals surface area contributed by atoms with Gasteiger partial charge >= 0.3 is 5.97 Å². The number of carbonyl (C=O) groups is 2. The zero-order chi connectivity index (χ0) is 15.9. The summed E-state index contributed by atoms with van der Waals surface area (Å²) in [4.78, 5) is 27.5. The Bertz CT molecular complexity index is 481. The number of ether oxygens (including phenoxy) is 1. The van der Waals surface area contributed by atoms with E-state index in [1.54, 1.807) is 12.1 Å². The van der Waals surface area contributed by atoms with E-state index < -0.39 is 17.5 Å². The maximum Gasteiger partial charge on any atom is 0.325 e. The predicted molar refractivity (Wildman–Crippen MR) is 77.6 cm³/mol. The van der Waals surface area contributed by atoms with Crippen molar-refractivity contribution >= 4 is 11.9 Å². The predicted octanol–water partition coefficient (Wildman–Crippen LogP) is 1.43. The minimum Gasteiger partial charge on any atom is -0.458 e. The minimum absolute atomic E-state index is 0.180. The van der Waals surface area contributed by atoms with Crippen molar-refractivity contribution in [1.82, 2.24) is 10.3 Å². The van der Waals surface area contributed by atoms with Crippen LogP contribution in [0.1, 0.15) is 49.7 Å². The summed E-state index contributed by atoms with van der Waals surface area (Å²) >= 11 is 0. The van der Waals surface area contributed by atoms with Gasteiger partial charge in [-0.05, 0) is 31.9 Å². The summed E-state index contributed by atoms with van der Waals surface area (Å²) in [7, 11) is 0. The molecule has 0 radical (unpaired) electrons. The topological polar surface area (TPSA) is 88.5 Å². The molecular formula is C15H22N2O4. The molecule has 0 atom stereocenters. The van der Waals surface area contributed by atoms with E-state index in [1.807, 2.05) is 20.8 Å². The maximum absolute atomic E-state index is 11.8. The molecule has 21 heavy (non-hydrogen) atoms. The van der Waals surface area contributed by atoms with Crippen molar-refractivity contribution < 1.29 is 19.4 Å². The molecule has 0 aliphatic carbocycles. The van der Waals surface area contributed by atoms with Crippen LogP contribution in [-0.2, 0) is 16.1 Å². The van der Waals surface area contributed by atoms with Crippen LogP contribution in [0.4, 0.5) is 0 Å². The van der Waals surface area contributed by atoms with E-state index in [9.17, 15) is 9.59 Å². The first-order valence-corrected chi connectivity index (χ1v) is 7.00. The molecule has 0 saturated carbocycles. The van der Waals surface area contributed by atoms with E-state index >= 15 is 0 Å².